The maximum Gasteiger partial charge on any atom is 0.315 e. The molecular weight excluding hydrogens is 442 g/mol. The van der Waals surface area contributed by atoms with Crippen molar-refractivity contribution in [2.75, 3.05) is 18.7 Å². The molecule has 0 unspecified atom stereocenters. The van der Waals surface area contributed by atoms with Gasteiger partial charge in [-0.3, -0.25) is 4.79 Å². The highest BCUT2D eigenvalue weighted by molar-refractivity contribution is 5.99. The molecule has 1 aliphatic rings. The van der Waals surface area contributed by atoms with E-state index >= 15 is 0 Å². The van der Waals surface area contributed by atoms with Gasteiger partial charge >= 0.3 is 6.03 Å². The molecule has 0 fully saturated rings. The van der Waals surface area contributed by atoms with Gasteiger partial charge in [0.15, 0.2) is 11.5 Å². The van der Waals surface area contributed by atoms with E-state index in [4.69, 9.17) is 9.47 Å². The van der Waals surface area contributed by atoms with E-state index in [-0.39, 0.29) is 12.7 Å². The summed E-state index contributed by atoms with van der Waals surface area (Å²) in [6, 6.07) is 21.5. The molecule has 7 heteroatoms. The van der Waals surface area contributed by atoms with E-state index in [2.05, 4.69) is 17.2 Å². The molecule has 3 amide bonds. The summed E-state index contributed by atoms with van der Waals surface area (Å²) in [6.45, 7) is 6.41. The van der Waals surface area contributed by atoms with Crippen molar-refractivity contribution in [1.29, 1.82) is 0 Å². The van der Waals surface area contributed by atoms with Crippen LogP contribution in [-0.4, -0.2) is 31.8 Å². The summed E-state index contributed by atoms with van der Waals surface area (Å²) in [5.74, 6) is 0.983. The topological polar surface area (TPSA) is 79.9 Å². The Balaban J connectivity index is 1.48. The number of nitrogens with one attached hydrogen (secondary N) is 2. The number of likely N-dealkylation sites (N-methyl/N-ethyl adjacent to an activating group) is 1. The van der Waals surface area contributed by atoms with Gasteiger partial charge in [-0.2, -0.15) is 0 Å². The first-order chi connectivity index (χ1) is 16.9. The van der Waals surface area contributed by atoms with Gasteiger partial charge in [0, 0.05) is 31.8 Å². The standard InChI is InChI=1S/C28H29N3O4/c1-19(2)23-12-8-7-11-21(23)17-29-28(33)30-24(15-20-9-5-4-6-10-20)27(32)31(3)22-13-14-25-26(16-22)35-18-34-25/h4-14,16,24H,1,15,17-18H2,2-3H3,(H2,29,30,33)/t24-/m0/s1. The van der Waals surface area contributed by atoms with Crippen molar-refractivity contribution in [1.82, 2.24) is 10.6 Å². The van der Waals surface area contributed by atoms with Crippen LogP contribution >= 0.6 is 0 Å². The monoisotopic (exact) mass is 471 g/mol. The zero-order chi connectivity index (χ0) is 24.8. The fraction of sp³-hybridized carbons (Fsp3) is 0.214. The number of nitrogens with zero attached hydrogens (tertiary/aromatic N) is 1. The van der Waals surface area contributed by atoms with Crippen LogP contribution in [0.3, 0.4) is 0 Å². The summed E-state index contributed by atoms with van der Waals surface area (Å²) >= 11 is 0. The highest BCUT2D eigenvalue weighted by Gasteiger charge is 2.26. The molecule has 1 atom stereocenters. The van der Waals surface area contributed by atoms with Crippen molar-refractivity contribution in [3.63, 3.8) is 0 Å². The first kappa shape index (κ1) is 23.9. The number of carbonyl (C=O) groups is 2. The molecule has 180 valence electrons. The van der Waals surface area contributed by atoms with E-state index in [1.54, 1.807) is 25.2 Å². The maximum absolute atomic E-state index is 13.5. The zero-order valence-corrected chi connectivity index (χ0v) is 19.9. The zero-order valence-electron chi connectivity index (χ0n) is 19.9. The van der Waals surface area contributed by atoms with Crippen LogP contribution in [0.1, 0.15) is 23.6 Å². The molecule has 0 bridgehead atoms. The minimum Gasteiger partial charge on any atom is -0.454 e. The number of anilines is 1. The number of hydrogen-bond donors (Lipinski definition) is 2. The Kier molecular flexibility index (Phi) is 7.35. The summed E-state index contributed by atoms with van der Waals surface area (Å²) in [4.78, 5) is 27.9. The quantitative estimate of drug-likeness (QED) is 0.506. The number of rotatable bonds is 8. The fourth-order valence-corrected chi connectivity index (χ4v) is 3.98. The summed E-state index contributed by atoms with van der Waals surface area (Å²) < 4.78 is 10.8. The number of benzene rings is 3. The Bertz CT molecular complexity index is 1230. The minimum absolute atomic E-state index is 0.156. The van der Waals surface area contributed by atoms with Gasteiger partial charge in [-0.1, -0.05) is 66.7 Å². The number of carbonyl (C=O) groups excluding carboxylic acids is 2. The third-order valence-electron chi connectivity index (χ3n) is 5.88. The smallest absolute Gasteiger partial charge is 0.315 e. The van der Waals surface area contributed by atoms with E-state index in [0.717, 1.165) is 22.3 Å². The van der Waals surface area contributed by atoms with E-state index in [1.807, 2.05) is 61.5 Å². The normalized spacial score (nSPS) is 12.5. The van der Waals surface area contributed by atoms with Crippen molar-refractivity contribution in [3.05, 3.63) is 96.1 Å². The first-order valence-corrected chi connectivity index (χ1v) is 11.4. The van der Waals surface area contributed by atoms with Gasteiger partial charge in [0.2, 0.25) is 12.7 Å². The summed E-state index contributed by atoms with van der Waals surface area (Å²) in [7, 11) is 1.68. The van der Waals surface area contributed by atoms with Crippen molar-refractivity contribution >= 4 is 23.2 Å². The molecule has 0 aliphatic carbocycles. The van der Waals surface area contributed by atoms with Crippen LogP contribution in [0.25, 0.3) is 5.57 Å². The molecule has 1 heterocycles. The highest BCUT2D eigenvalue weighted by Crippen LogP contribution is 2.35. The average Bonchev–Trinajstić information content (AvgIpc) is 3.35. The molecular formula is C28H29N3O4. The Labute approximate surface area is 205 Å². The van der Waals surface area contributed by atoms with Crippen LogP contribution in [0.2, 0.25) is 0 Å². The van der Waals surface area contributed by atoms with E-state index in [1.165, 1.54) is 4.90 Å². The summed E-state index contributed by atoms with van der Waals surface area (Å²) in [5, 5.41) is 5.75. The average molecular weight is 472 g/mol. The summed E-state index contributed by atoms with van der Waals surface area (Å²) in [5.41, 5.74) is 4.46. The van der Waals surface area contributed by atoms with Crippen LogP contribution in [0.4, 0.5) is 10.5 Å². The van der Waals surface area contributed by atoms with Gasteiger partial charge in [-0.05, 0) is 35.7 Å². The number of fused-ring (bicyclic) bond motifs is 1. The van der Waals surface area contributed by atoms with Crippen LogP contribution in [0.15, 0.2) is 79.4 Å². The Morgan fingerprint density at radius 1 is 1.00 bits per heavy atom. The number of allylic oxidation sites excluding steroid dienone is 1. The summed E-state index contributed by atoms with van der Waals surface area (Å²) in [6.07, 6.45) is 0.352. The Hall–Kier alpha value is -4.26. The lowest BCUT2D eigenvalue weighted by molar-refractivity contribution is -0.120. The molecule has 2 N–H and O–H groups in total. The lowest BCUT2D eigenvalue weighted by atomic mass is 10.0. The molecule has 35 heavy (non-hydrogen) atoms. The lowest BCUT2D eigenvalue weighted by Crippen LogP contribution is -2.51. The van der Waals surface area contributed by atoms with E-state index in [0.29, 0.717) is 30.2 Å². The molecule has 0 saturated heterocycles. The second-order valence-corrected chi connectivity index (χ2v) is 8.44. The molecule has 0 aromatic heterocycles. The van der Waals surface area contributed by atoms with Crippen LogP contribution in [0, 0.1) is 0 Å². The van der Waals surface area contributed by atoms with Gasteiger partial charge in [0.1, 0.15) is 6.04 Å². The van der Waals surface area contributed by atoms with Crippen molar-refractivity contribution in [3.8, 4) is 11.5 Å². The molecule has 0 saturated carbocycles. The number of ether oxygens (including phenoxy) is 2. The molecule has 0 spiro atoms. The molecule has 3 aromatic carbocycles. The molecule has 3 aromatic rings. The van der Waals surface area contributed by atoms with Crippen molar-refractivity contribution in [2.24, 2.45) is 0 Å². The maximum atomic E-state index is 13.5. The Morgan fingerprint density at radius 2 is 1.71 bits per heavy atom. The SMILES string of the molecule is C=C(C)c1ccccc1CNC(=O)N[C@@H](Cc1ccccc1)C(=O)N(C)c1ccc2c(c1)OCO2. The van der Waals surface area contributed by atoms with Gasteiger partial charge in [0.05, 0.1) is 0 Å². The largest absolute Gasteiger partial charge is 0.454 e. The molecule has 1 aliphatic heterocycles. The lowest BCUT2D eigenvalue weighted by Gasteiger charge is -2.25. The number of hydrogen-bond acceptors (Lipinski definition) is 4. The number of amides is 3. The van der Waals surface area contributed by atoms with Gasteiger partial charge in [-0.15, -0.1) is 0 Å². The van der Waals surface area contributed by atoms with E-state index < -0.39 is 12.1 Å². The first-order valence-electron chi connectivity index (χ1n) is 11.4. The minimum atomic E-state index is -0.774. The second kappa shape index (κ2) is 10.8. The molecule has 4 rings (SSSR count). The van der Waals surface area contributed by atoms with Crippen LogP contribution in [0.5, 0.6) is 11.5 Å². The van der Waals surface area contributed by atoms with Crippen LogP contribution < -0.4 is 25.0 Å². The third kappa shape index (κ3) is 5.81. The fourth-order valence-electron chi connectivity index (χ4n) is 3.98. The van der Waals surface area contributed by atoms with Gasteiger partial charge < -0.3 is 25.0 Å². The third-order valence-corrected chi connectivity index (χ3v) is 5.88. The van der Waals surface area contributed by atoms with E-state index in [9.17, 15) is 9.59 Å². The Morgan fingerprint density at radius 3 is 2.49 bits per heavy atom. The molecule has 0 radical (unpaired) electrons. The molecule has 7 nitrogen and oxygen atoms in total. The van der Waals surface area contributed by atoms with Gasteiger partial charge in [0.25, 0.3) is 0 Å². The number of urea groups is 1. The van der Waals surface area contributed by atoms with Gasteiger partial charge in [-0.25, -0.2) is 4.79 Å². The highest BCUT2D eigenvalue weighted by atomic mass is 16.7. The van der Waals surface area contributed by atoms with Crippen molar-refractivity contribution in [2.45, 2.75) is 25.9 Å². The predicted molar refractivity (Wildman–Crippen MR) is 136 cm³/mol. The second-order valence-electron chi connectivity index (χ2n) is 8.44. The van der Waals surface area contributed by atoms with Crippen LogP contribution in [-0.2, 0) is 17.8 Å². The van der Waals surface area contributed by atoms with Crippen molar-refractivity contribution < 1.29 is 19.1 Å². The predicted octanol–water partition coefficient (Wildman–Crippen LogP) is 4.52.